The van der Waals surface area contributed by atoms with Gasteiger partial charge in [0.1, 0.15) is 0 Å². The van der Waals surface area contributed by atoms with Crippen LogP contribution in [0.2, 0.25) is 0 Å². The minimum atomic E-state index is -2.97. The lowest BCUT2D eigenvalue weighted by atomic mass is 9.91. The highest BCUT2D eigenvalue weighted by atomic mass is 31.2. The average Bonchev–Trinajstić information content (AvgIpc) is 3.15. The number of aromatic amines is 1. The number of hydrogen-bond acceptors (Lipinski definition) is 1. The molecule has 2 atom stereocenters. The summed E-state index contributed by atoms with van der Waals surface area (Å²) in [7, 11) is -2.97. The van der Waals surface area contributed by atoms with Gasteiger partial charge in [-0.2, -0.15) is 0 Å². The Morgan fingerprint density at radius 1 is 0.862 bits per heavy atom. The van der Waals surface area contributed by atoms with E-state index in [1.165, 1.54) is 16.6 Å². The molecule has 0 bridgehead atoms. The largest absolute Gasteiger partial charge is 0.357 e. The van der Waals surface area contributed by atoms with Crippen molar-refractivity contribution in [1.82, 2.24) is 4.98 Å². The normalized spacial score (nSPS) is 22.3. The third kappa shape index (κ3) is 2.27. The predicted molar refractivity (Wildman–Crippen MR) is 122 cm³/mol. The SMILES string of the molecule is O=P1(c2ccccc2)C2=CC=CCC2c2[nH]c3ccccc3c2-c2ccccc21. The quantitative estimate of drug-likeness (QED) is 0.390. The number of benzene rings is 3. The van der Waals surface area contributed by atoms with Crippen molar-refractivity contribution in [3.63, 3.8) is 0 Å². The summed E-state index contributed by atoms with van der Waals surface area (Å²) in [5.41, 5.74) is 4.61. The highest BCUT2D eigenvalue weighted by molar-refractivity contribution is 7.82. The van der Waals surface area contributed by atoms with Gasteiger partial charge in [0.2, 0.25) is 0 Å². The molecular weight excluding hydrogens is 373 g/mol. The predicted octanol–water partition coefficient (Wildman–Crippen LogP) is 6.09. The van der Waals surface area contributed by atoms with Crippen molar-refractivity contribution in [1.29, 1.82) is 0 Å². The number of hydrogen-bond donors (Lipinski definition) is 1. The first-order valence-corrected chi connectivity index (χ1v) is 11.7. The van der Waals surface area contributed by atoms with Gasteiger partial charge in [-0.15, -0.1) is 0 Å². The molecule has 2 heterocycles. The summed E-state index contributed by atoms with van der Waals surface area (Å²) in [5.74, 6) is 0.0841. The maximum Gasteiger partial charge on any atom is 0.168 e. The molecule has 3 heteroatoms. The zero-order valence-electron chi connectivity index (χ0n) is 15.9. The van der Waals surface area contributed by atoms with Crippen LogP contribution in [0, 0.1) is 0 Å². The van der Waals surface area contributed by atoms with Gasteiger partial charge in [0.05, 0.1) is 0 Å². The molecule has 2 aliphatic rings. The van der Waals surface area contributed by atoms with E-state index < -0.39 is 7.14 Å². The Bertz CT molecular complexity index is 1360. The van der Waals surface area contributed by atoms with Gasteiger partial charge in [-0.25, -0.2) is 0 Å². The molecule has 4 aromatic rings. The lowest BCUT2D eigenvalue weighted by molar-refractivity contribution is 0.587. The van der Waals surface area contributed by atoms with Crippen molar-refractivity contribution in [2.24, 2.45) is 0 Å². The van der Waals surface area contributed by atoms with E-state index in [0.29, 0.717) is 0 Å². The summed E-state index contributed by atoms with van der Waals surface area (Å²) in [5, 5.41) is 4.09. The molecule has 0 saturated heterocycles. The first-order valence-electron chi connectivity index (χ1n) is 10.0. The minimum Gasteiger partial charge on any atom is -0.357 e. The molecule has 0 radical (unpaired) electrons. The van der Waals surface area contributed by atoms with Crippen LogP contribution < -0.4 is 10.6 Å². The Kier molecular flexibility index (Phi) is 3.60. The summed E-state index contributed by atoms with van der Waals surface area (Å²) in [4.78, 5) is 3.69. The minimum absolute atomic E-state index is 0.0841. The van der Waals surface area contributed by atoms with Gasteiger partial charge in [-0.3, -0.25) is 0 Å². The number of aromatic nitrogens is 1. The molecular formula is C26H20NOP. The molecule has 3 aromatic carbocycles. The summed E-state index contributed by atoms with van der Waals surface area (Å²) < 4.78 is 15.0. The molecule has 1 aliphatic carbocycles. The van der Waals surface area contributed by atoms with E-state index in [1.54, 1.807) is 0 Å². The van der Waals surface area contributed by atoms with Gasteiger partial charge >= 0.3 is 0 Å². The van der Waals surface area contributed by atoms with E-state index in [-0.39, 0.29) is 5.92 Å². The fourth-order valence-electron chi connectivity index (χ4n) is 4.95. The molecule has 0 spiro atoms. The summed E-state index contributed by atoms with van der Waals surface area (Å²) in [6.45, 7) is 0. The Labute approximate surface area is 170 Å². The van der Waals surface area contributed by atoms with E-state index in [1.807, 2.05) is 36.4 Å². The lowest BCUT2D eigenvalue weighted by Crippen LogP contribution is -2.20. The van der Waals surface area contributed by atoms with Gasteiger partial charge in [-0.05, 0) is 18.1 Å². The van der Waals surface area contributed by atoms with Crippen LogP contribution in [0.25, 0.3) is 22.0 Å². The summed E-state index contributed by atoms with van der Waals surface area (Å²) in [6.07, 6.45) is 7.21. The van der Waals surface area contributed by atoms with Crippen LogP contribution in [-0.4, -0.2) is 4.98 Å². The van der Waals surface area contributed by atoms with E-state index in [0.717, 1.165) is 33.4 Å². The molecule has 1 aromatic heterocycles. The number of rotatable bonds is 1. The van der Waals surface area contributed by atoms with Crippen LogP contribution in [0.15, 0.2) is 102 Å². The van der Waals surface area contributed by atoms with Crippen LogP contribution in [0.4, 0.5) is 0 Å². The number of para-hydroxylation sites is 1. The first kappa shape index (κ1) is 16.8. The third-order valence-corrected chi connectivity index (χ3v) is 9.49. The molecule has 0 amide bonds. The van der Waals surface area contributed by atoms with Crippen LogP contribution in [0.3, 0.4) is 0 Å². The second-order valence-corrected chi connectivity index (χ2v) is 10.5. The fraction of sp³-hybridized carbons (Fsp3) is 0.0769. The smallest absolute Gasteiger partial charge is 0.168 e. The molecule has 6 rings (SSSR count). The zero-order valence-corrected chi connectivity index (χ0v) is 16.8. The summed E-state index contributed by atoms with van der Waals surface area (Å²) in [6, 6.07) is 26.7. The van der Waals surface area contributed by atoms with Crippen LogP contribution in [0.5, 0.6) is 0 Å². The number of nitrogens with one attached hydrogen (secondary N) is 1. The standard InChI is InChI=1S/C26H20NOP/c28-29(18-10-2-1-3-11-18)23-16-8-5-13-20(23)25-19-12-4-7-15-22(19)27-26(25)21-14-6-9-17-24(21)29/h1-13,15-17,21,27H,14H2. The molecule has 0 saturated carbocycles. The van der Waals surface area contributed by atoms with Crippen LogP contribution in [-0.2, 0) is 4.57 Å². The first-order chi connectivity index (χ1) is 14.3. The van der Waals surface area contributed by atoms with Crippen LogP contribution >= 0.6 is 7.14 Å². The number of allylic oxidation sites excluding steroid dienone is 4. The Morgan fingerprint density at radius 2 is 1.62 bits per heavy atom. The van der Waals surface area contributed by atoms with Crippen LogP contribution in [0.1, 0.15) is 18.0 Å². The van der Waals surface area contributed by atoms with Crippen molar-refractivity contribution in [3.8, 4) is 11.1 Å². The number of fused-ring (bicyclic) bond motifs is 7. The second-order valence-electron chi connectivity index (χ2n) is 7.73. The maximum absolute atomic E-state index is 15.0. The molecule has 0 fully saturated rings. The number of H-pyrrole nitrogens is 1. The highest BCUT2D eigenvalue weighted by Crippen LogP contribution is 2.63. The lowest BCUT2D eigenvalue weighted by Gasteiger charge is -2.28. The average molecular weight is 393 g/mol. The van der Waals surface area contributed by atoms with Gasteiger partial charge in [-0.1, -0.05) is 91.0 Å². The fourth-order valence-corrected chi connectivity index (χ4v) is 8.18. The monoisotopic (exact) mass is 393 g/mol. The Morgan fingerprint density at radius 3 is 2.52 bits per heavy atom. The van der Waals surface area contributed by atoms with Gasteiger partial charge < -0.3 is 9.55 Å². The van der Waals surface area contributed by atoms with Crippen molar-refractivity contribution in [3.05, 3.63) is 108 Å². The topological polar surface area (TPSA) is 32.9 Å². The van der Waals surface area contributed by atoms with E-state index in [9.17, 15) is 0 Å². The maximum atomic E-state index is 15.0. The summed E-state index contributed by atoms with van der Waals surface area (Å²) >= 11 is 0. The van der Waals surface area contributed by atoms with Crippen molar-refractivity contribution >= 4 is 28.7 Å². The van der Waals surface area contributed by atoms with E-state index in [4.69, 9.17) is 0 Å². The van der Waals surface area contributed by atoms with Crippen molar-refractivity contribution in [2.75, 3.05) is 0 Å². The van der Waals surface area contributed by atoms with Crippen molar-refractivity contribution in [2.45, 2.75) is 12.3 Å². The molecule has 29 heavy (non-hydrogen) atoms. The van der Waals surface area contributed by atoms with E-state index in [2.05, 4.69) is 65.7 Å². The molecule has 1 aliphatic heterocycles. The second kappa shape index (κ2) is 6.20. The third-order valence-electron chi connectivity index (χ3n) is 6.21. The highest BCUT2D eigenvalue weighted by Gasteiger charge is 2.43. The molecule has 2 nitrogen and oxygen atoms in total. The van der Waals surface area contributed by atoms with Gasteiger partial charge in [0.15, 0.2) is 7.14 Å². The molecule has 140 valence electrons. The molecule has 2 unspecified atom stereocenters. The van der Waals surface area contributed by atoms with E-state index >= 15 is 4.57 Å². The van der Waals surface area contributed by atoms with Gasteiger partial charge in [0, 0.05) is 44.0 Å². The molecule has 1 N–H and O–H groups in total. The Hall–Kier alpha value is -3.09. The Balaban J connectivity index is 1.80. The van der Waals surface area contributed by atoms with Crippen molar-refractivity contribution < 1.29 is 4.57 Å². The zero-order chi connectivity index (χ0) is 19.4. The van der Waals surface area contributed by atoms with Gasteiger partial charge in [0.25, 0.3) is 0 Å².